The maximum absolute atomic E-state index is 11.6. The molecule has 0 spiro atoms. The maximum Gasteiger partial charge on any atom is 0.290 e. The first-order valence-electron chi connectivity index (χ1n) is 9.26. The van der Waals surface area contributed by atoms with Gasteiger partial charge in [0.05, 0.1) is 16.5 Å². The van der Waals surface area contributed by atoms with Crippen molar-refractivity contribution in [3.05, 3.63) is 71.1 Å². The number of nitrogens with zero attached hydrogens (tertiary/aromatic N) is 2. The standard InChI is InChI=1S/C22H17N3O3S/c26-21-19(29-22(27)24-21)11-14-5-8-17(9-6-14)28-13-16-12-25(16)20-10-7-15-3-1-2-4-18(15)23-20/h1-11,16H,12-13H2,(H,24,26,27)/t16-,25?/m0/s1. The summed E-state index contributed by atoms with van der Waals surface area (Å²) in [5.41, 5.74) is 1.84. The third kappa shape index (κ3) is 3.82. The number of carbonyl (C=O) groups is 2. The molecule has 6 nitrogen and oxygen atoms in total. The average molecular weight is 403 g/mol. The molecule has 2 fully saturated rings. The van der Waals surface area contributed by atoms with Gasteiger partial charge in [0.15, 0.2) is 0 Å². The van der Waals surface area contributed by atoms with Crippen LogP contribution < -0.4 is 15.0 Å². The van der Waals surface area contributed by atoms with Crippen LogP contribution in [0.3, 0.4) is 0 Å². The second kappa shape index (κ2) is 7.25. The van der Waals surface area contributed by atoms with Crippen molar-refractivity contribution in [2.24, 2.45) is 0 Å². The number of imide groups is 1. The Kier molecular flexibility index (Phi) is 4.44. The first kappa shape index (κ1) is 17.8. The molecule has 0 bridgehead atoms. The molecule has 3 aromatic rings. The van der Waals surface area contributed by atoms with E-state index in [1.54, 1.807) is 6.08 Å². The Hall–Kier alpha value is -3.32. The van der Waals surface area contributed by atoms with Crippen LogP contribution in [0, 0.1) is 0 Å². The number of fused-ring (bicyclic) bond motifs is 1. The van der Waals surface area contributed by atoms with E-state index in [0.29, 0.717) is 17.6 Å². The molecule has 2 amide bonds. The molecular weight excluding hydrogens is 386 g/mol. The van der Waals surface area contributed by atoms with E-state index in [9.17, 15) is 9.59 Å². The average Bonchev–Trinajstić information content (AvgIpc) is 3.45. The van der Waals surface area contributed by atoms with Gasteiger partial charge < -0.3 is 9.64 Å². The smallest absolute Gasteiger partial charge is 0.290 e. The highest BCUT2D eigenvalue weighted by Crippen LogP contribution is 2.29. The quantitative estimate of drug-likeness (QED) is 0.516. The molecule has 2 aliphatic heterocycles. The molecule has 1 aromatic heterocycles. The number of thioether (sulfide) groups is 1. The Morgan fingerprint density at radius 2 is 1.93 bits per heavy atom. The van der Waals surface area contributed by atoms with Gasteiger partial charge in [-0.15, -0.1) is 0 Å². The van der Waals surface area contributed by atoms with E-state index in [1.807, 2.05) is 48.5 Å². The number of amides is 2. The number of anilines is 1. The fourth-order valence-electron chi connectivity index (χ4n) is 3.24. The molecule has 2 saturated heterocycles. The number of pyridine rings is 1. The van der Waals surface area contributed by atoms with Gasteiger partial charge in [0.1, 0.15) is 18.2 Å². The molecule has 1 N–H and O–H groups in total. The molecule has 1 atom stereocenters. The Morgan fingerprint density at radius 3 is 2.72 bits per heavy atom. The molecule has 0 aliphatic carbocycles. The van der Waals surface area contributed by atoms with Gasteiger partial charge in [-0.3, -0.25) is 14.9 Å². The summed E-state index contributed by atoms with van der Waals surface area (Å²) in [6.07, 6.45) is 1.70. The predicted molar refractivity (Wildman–Crippen MR) is 114 cm³/mol. The summed E-state index contributed by atoms with van der Waals surface area (Å²) in [6, 6.07) is 20.0. The molecule has 5 rings (SSSR count). The van der Waals surface area contributed by atoms with Crippen molar-refractivity contribution < 1.29 is 14.3 Å². The van der Waals surface area contributed by atoms with Crippen molar-refractivity contribution >= 4 is 45.7 Å². The molecule has 2 aliphatic rings. The van der Waals surface area contributed by atoms with Crippen molar-refractivity contribution in [2.75, 3.05) is 18.1 Å². The molecule has 0 saturated carbocycles. The summed E-state index contributed by atoms with van der Waals surface area (Å²) >= 11 is 0.913. The van der Waals surface area contributed by atoms with Crippen LogP contribution in [0.5, 0.6) is 5.75 Å². The van der Waals surface area contributed by atoms with Crippen LogP contribution in [0.25, 0.3) is 17.0 Å². The predicted octanol–water partition coefficient (Wildman–Crippen LogP) is 3.83. The molecule has 29 heavy (non-hydrogen) atoms. The highest BCUT2D eigenvalue weighted by molar-refractivity contribution is 8.18. The summed E-state index contributed by atoms with van der Waals surface area (Å²) in [4.78, 5) is 30.2. The minimum atomic E-state index is -0.351. The van der Waals surface area contributed by atoms with Crippen LogP contribution >= 0.6 is 11.8 Å². The summed E-state index contributed by atoms with van der Waals surface area (Å²) in [5, 5.41) is 3.05. The Morgan fingerprint density at radius 1 is 1.10 bits per heavy atom. The Labute approximate surface area is 171 Å². The van der Waals surface area contributed by atoms with Crippen molar-refractivity contribution in [1.29, 1.82) is 0 Å². The van der Waals surface area contributed by atoms with Gasteiger partial charge >= 0.3 is 0 Å². The van der Waals surface area contributed by atoms with Crippen LogP contribution in [0.2, 0.25) is 0 Å². The number of aromatic nitrogens is 1. The molecule has 144 valence electrons. The van der Waals surface area contributed by atoms with Gasteiger partial charge in [0, 0.05) is 11.9 Å². The zero-order chi connectivity index (χ0) is 19.8. The van der Waals surface area contributed by atoms with Gasteiger partial charge in [0.2, 0.25) is 0 Å². The second-order valence-electron chi connectivity index (χ2n) is 6.90. The van der Waals surface area contributed by atoms with Crippen molar-refractivity contribution in [3.8, 4) is 5.75 Å². The third-order valence-corrected chi connectivity index (χ3v) is 5.67. The lowest BCUT2D eigenvalue weighted by atomic mass is 10.2. The number of rotatable bonds is 5. The number of hydrogen-bond donors (Lipinski definition) is 1. The van der Waals surface area contributed by atoms with Crippen LogP contribution in [-0.2, 0) is 4.79 Å². The first-order valence-corrected chi connectivity index (χ1v) is 10.1. The Bertz CT molecular complexity index is 1140. The SMILES string of the molecule is O=C1NC(=O)C(=Cc2ccc(OC[C@@H]3CN3c3ccc4ccccc4n3)cc2)S1. The lowest BCUT2D eigenvalue weighted by molar-refractivity contribution is -0.115. The van der Waals surface area contributed by atoms with Gasteiger partial charge in [-0.05, 0) is 53.7 Å². The number of para-hydroxylation sites is 1. The van der Waals surface area contributed by atoms with Crippen molar-refractivity contribution in [3.63, 3.8) is 0 Å². The highest BCUT2D eigenvalue weighted by atomic mass is 32.2. The van der Waals surface area contributed by atoms with Crippen LogP contribution in [0.15, 0.2) is 65.6 Å². The van der Waals surface area contributed by atoms with E-state index in [4.69, 9.17) is 9.72 Å². The van der Waals surface area contributed by atoms with Gasteiger partial charge in [-0.2, -0.15) is 0 Å². The minimum absolute atomic E-state index is 0.315. The number of nitrogens with one attached hydrogen (secondary N) is 1. The lowest BCUT2D eigenvalue weighted by Gasteiger charge is -2.08. The topological polar surface area (TPSA) is 71.3 Å². The molecule has 0 radical (unpaired) electrons. The van der Waals surface area contributed by atoms with E-state index < -0.39 is 0 Å². The van der Waals surface area contributed by atoms with E-state index >= 15 is 0 Å². The number of benzene rings is 2. The summed E-state index contributed by atoms with van der Waals surface area (Å²) in [7, 11) is 0. The summed E-state index contributed by atoms with van der Waals surface area (Å²) in [5.74, 6) is 1.39. The molecule has 0 unspecified atom stereocenters. The maximum atomic E-state index is 11.6. The van der Waals surface area contributed by atoms with E-state index in [2.05, 4.69) is 22.3 Å². The molecule has 7 heteroatoms. The van der Waals surface area contributed by atoms with E-state index in [-0.39, 0.29) is 11.1 Å². The van der Waals surface area contributed by atoms with Crippen LogP contribution in [-0.4, -0.2) is 35.3 Å². The number of hydrogen-bond acceptors (Lipinski definition) is 6. The van der Waals surface area contributed by atoms with Gasteiger partial charge in [-0.1, -0.05) is 30.3 Å². The zero-order valence-corrected chi connectivity index (χ0v) is 16.2. The second-order valence-corrected chi connectivity index (χ2v) is 7.92. The van der Waals surface area contributed by atoms with Crippen LogP contribution in [0.1, 0.15) is 5.56 Å². The zero-order valence-electron chi connectivity index (χ0n) is 15.4. The molecular formula is C22H17N3O3S. The normalized spacial score (nSPS) is 19.7. The summed E-state index contributed by atoms with van der Waals surface area (Å²) < 4.78 is 5.90. The number of carbonyl (C=O) groups excluding carboxylic acids is 2. The fourth-order valence-corrected chi connectivity index (χ4v) is 3.93. The number of ether oxygens (including phenoxy) is 1. The van der Waals surface area contributed by atoms with Crippen molar-refractivity contribution in [2.45, 2.75) is 6.04 Å². The third-order valence-electron chi connectivity index (χ3n) is 4.85. The van der Waals surface area contributed by atoms with E-state index in [1.165, 1.54) is 0 Å². The largest absolute Gasteiger partial charge is 0.491 e. The molecule has 3 heterocycles. The van der Waals surface area contributed by atoms with Gasteiger partial charge in [0.25, 0.3) is 11.1 Å². The van der Waals surface area contributed by atoms with E-state index in [0.717, 1.165) is 46.3 Å². The van der Waals surface area contributed by atoms with Crippen molar-refractivity contribution in [1.82, 2.24) is 10.3 Å². The van der Waals surface area contributed by atoms with Gasteiger partial charge in [-0.25, -0.2) is 4.98 Å². The minimum Gasteiger partial charge on any atom is -0.491 e. The highest BCUT2D eigenvalue weighted by Gasteiger charge is 2.35. The fraction of sp³-hybridized carbons (Fsp3) is 0.136. The first-order chi connectivity index (χ1) is 14.2. The molecule has 2 aromatic carbocycles. The lowest BCUT2D eigenvalue weighted by Crippen LogP contribution is -2.17. The monoisotopic (exact) mass is 403 g/mol. The Balaban J connectivity index is 1.18. The van der Waals surface area contributed by atoms with Crippen LogP contribution in [0.4, 0.5) is 10.6 Å². The summed E-state index contributed by atoms with van der Waals surface area (Å²) in [6.45, 7) is 1.51.